The summed E-state index contributed by atoms with van der Waals surface area (Å²) in [6.07, 6.45) is -2.88. The number of thioether (sulfide) groups is 1. The zero-order chi connectivity index (χ0) is 26.6. The Hall–Kier alpha value is -3.69. The van der Waals surface area contributed by atoms with Crippen LogP contribution in [0.25, 0.3) is 11.1 Å². The van der Waals surface area contributed by atoms with E-state index >= 15 is 0 Å². The molecule has 1 aromatic heterocycles. The number of hydrogen-bond donors (Lipinski definition) is 1. The maximum absolute atomic E-state index is 13.2. The van der Waals surface area contributed by atoms with Gasteiger partial charge in [0.15, 0.2) is 0 Å². The summed E-state index contributed by atoms with van der Waals surface area (Å²) < 4.78 is 45.1. The van der Waals surface area contributed by atoms with E-state index in [-0.39, 0.29) is 27.8 Å². The van der Waals surface area contributed by atoms with Crippen molar-refractivity contribution in [3.8, 4) is 16.9 Å². The minimum absolute atomic E-state index is 0.108. The quantitative estimate of drug-likeness (QED) is 0.240. The molecule has 0 spiro atoms. The van der Waals surface area contributed by atoms with Crippen molar-refractivity contribution in [1.29, 1.82) is 0 Å². The van der Waals surface area contributed by atoms with Gasteiger partial charge in [0.1, 0.15) is 11.6 Å². The van der Waals surface area contributed by atoms with Gasteiger partial charge in [-0.15, -0.1) is 11.8 Å². The van der Waals surface area contributed by atoms with E-state index in [1.807, 2.05) is 36.4 Å². The molecule has 2 amide bonds. The number of primary amides is 1. The van der Waals surface area contributed by atoms with E-state index in [0.717, 1.165) is 33.2 Å². The number of urea groups is 1. The monoisotopic (exact) mass is 543 g/mol. The molecule has 0 aliphatic rings. The molecular weight excluding hydrogens is 523 g/mol. The normalized spacial score (nSPS) is 11.3. The lowest BCUT2D eigenvalue weighted by Crippen LogP contribution is -2.32. The molecule has 5 nitrogen and oxygen atoms in total. The molecule has 0 fully saturated rings. The highest BCUT2D eigenvalue weighted by Gasteiger charge is 2.31. The Kier molecular flexibility index (Phi) is 7.94. The molecule has 0 saturated heterocycles. The standard InChI is InChI=1S/C27H21ClF3N3O2S/c1-36-24-13-21(18-8-5-9-19(12-18)27(29,30)31)22(28)14-23(24)34(26(32)35)25-11-10-20(15-33-25)37-16-17-6-3-2-4-7-17/h2-15H,16H2,1H3,(H2,32,35). The Morgan fingerprint density at radius 2 is 1.81 bits per heavy atom. The second-order valence-electron chi connectivity index (χ2n) is 7.88. The third kappa shape index (κ3) is 6.18. The molecular formula is C27H21ClF3N3O2S. The van der Waals surface area contributed by atoms with E-state index in [4.69, 9.17) is 22.1 Å². The third-order valence-corrected chi connectivity index (χ3v) is 6.79. The number of benzene rings is 3. The van der Waals surface area contributed by atoms with Gasteiger partial charge in [-0.2, -0.15) is 13.2 Å². The minimum Gasteiger partial charge on any atom is -0.495 e. The highest BCUT2D eigenvalue weighted by Crippen LogP contribution is 2.42. The lowest BCUT2D eigenvalue weighted by Gasteiger charge is -2.23. The number of nitrogens with zero attached hydrogens (tertiary/aromatic N) is 2. The van der Waals surface area contributed by atoms with Gasteiger partial charge in [0.05, 0.1) is 23.4 Å². The molecule has 190 valence electrons. The number of anilines is 2. The Balaban J connectivity index is 1.65. The fourth-order valence-corrected chi connectivity index (χ4v) is 4.74. The van der Waals surface area contributed by atoms with Crippen LogP contribution in [0.15, 0.2) is 90.0 Å². The van der Waals surface area contributed by atoms with Crippen LogP contribution in [0.2, 0.25) is 5.02 Å². The van der Waals surface area contributed by atoms with E-state index in [1.54, 1.807) is 24.0 Å². The number of carbonyl (C=O) groups is 1. The van der Waals surface area contributed by atoms with Crippen LogP contribution >= 0.6 is 23.4 Å². The predicted octanol–water partition coefficient (Wildman–Crippen LogP) is 7.94. The fourth-order valence-electron chi connectivity index (χ4n) is 3.65. The summed E-state index contributed by atoms with van der Waals surface area (Å²) in [4.78, 5) is 18.9. The van der Waals surface area contributed by atoms with Gasteiger partial charge >= 0.3 is 12.2 Å². The van der Waals surface area contributed by atoms with E-state index in [9.17, 15) is 18.0 Å². The van der Waals surface area contributed by atoms with Crippen LogP contribution in [-0.4, -0.2) is 18.1 Å². The molecule has 4 aromatic rings. The largest absolute Gasteiger partial charge is 0.495 e. The van der Waals surface area contributed by atoms with E-state index < -0.39 is 17.8 Å². The molecule has 0 atom stereocenters. The minimum atomic E-state index is -4.51. The molecule has 0 saturated carbocycles. The molecule has 37 heavy (non-hydrogen) atoms. The van der Waals surface area contributed by atoms with Crippen molar-refractivity contribution in [3.63, 3.8) is 0 Å². The number of halogens is 4. The number of methoxy groups -OCH3 is 1. The molecule has 10 heteroatoms. The summed E-state index contributed by atoms with van der Waals surface area (Å²) in [5.74, 6) is 1.17. The summed E-state index contributed by atoms with van der Waals surface area (Å²) in [6.45, 7) is 0. The Bertz CT molecular complexity index is 1400. The first-order chi connectivity index (χ1) is 17.7. The topological polar surface area (TPSA) is 68.5 Å². The molecule has 0 bridgehead atoms. The second-order valence-corrected chi connectivity index (χ2v) is 9.34. The van der Waals surface area contributed by atoms with Crippen LogP contribution in [-0.2, 0) is 11.9 Å². The Morgan fingerprint density at radius 3 is 2.43 bits per heavy atom. The van der Waals surface area contributed by atoms with Gasteiger partial charge in [-0.3, -0.25) is 0 Å². The summed E-state index contributed by atoms with van der Waals surface area (Å²) in [6, 6.07) is 20.2. The van der Waals surface area contributed by atoms with Crippen molar-refractivity contribution in [2.75, 3.05) is 12.0 Å². The number of pyridine rings is 1. The number of nitrogens with two attached hydrogens (primary N) is 1. The average molecular weight is 544 g/mol. The summed E-state index contributed by atoms with van der Waals surface area (Å²) in [5, 5.41) is 0.108. The SMILES string of the molecule is COc1cc(-c2cccc(C(F)(F)F)c2)c(Cl)cc1N(C(N)=O)c1ccc(SCc2ccccc2)cn1. The first kappa shape index (κ1) is 26.4. The predicted molar refractivity (Wildman–Crippen MR) is 140 cm³/mol. The molecule has 0 aliphatic heterocycles. The van der Waals surface area contributed by atoms with Crippen LogP contribution in [0, 0.1) is 0 Å². The third-order valence-electron chi connectivity index (χ3n) is 5.43. The molecule has 0 aliphatic carbocycles. The average Bonchev–Trinajstić information content (AvgIpc) is 2.88. The summed E-state index contributed by atoms with van der Waals surface area (Å²) >= 11 is 8.07. The molecule has 1 heterocycles. The van der Waals surface area contributed by atoms with Gasteiger partial charge in [0, 0.05) is 22.4 Å². The molecule has 0 unspecified atom stereocenters. The second kappa shape index (κ2) is 11.1. The van der Waals surface area contributed by atoms with Crippen molar-refractivity contribution < 1.29 is 22.7 Å². The van der Waals surface area contributed by atoms with Crippen molar-refractivity contribution in [3.05, 3.63) is 101 Å². The maximum Gasteiger partial charge on any atom is 0.416 e. The number of alkyl halides is 3. The van der Waals surface area contributed by atoms with Gasteiger partial charge in [-0.1, -0.05) is 54.1 Å². The van der Waals surface area contributed by atoms with Crippen LogP contribution in [0.5, 0.6) is 5.75 Å². The van der Waals surface area contributed by atoms with Crippen LogP contribution < -0.4 is 15.4 Å². The summed E-state index contributed by atoms with van der Waals surface area (Å²) in [7, 11) is 1.37. The van der Waals surface area contributed by atoms with E-state index in [0.29, 0.717) is 5.56 Å². The van der Waals surface area contributed by atoms with Crippen LogP contribution in [0.4, 0.5) is 29.5 Å². The van der Waals surface area contributed by atoms with Gasteiger partial charge < -0.3 is 10.5 Å². The lowest BCUT2D eigenvalue weighted by molar-refractivity contribution is -0.137. The van der Waals surface area contributed by atoms with Crippen LogP contribution in [0.3, 0.4) is 0 Å². The number of carbonyl (C=O) groups excluding carboxylic acids is 1. The van der Waals surface area contributed by atoms with E-state index in [1.165, 1.54) is 31.4 Å². The summed E-state index contributed by atoms with van der Waals surface area (Å²) in [5.41, 5.74) is 6.79. The smallest absolute Gasteiger partial charge is 0.416 e. The first-order valence-corrected chi connectivity index (χ1v) is 12.3. The maximum atomic E-state index is 13.2. The Labute approximate surface area is 221 Å². The fraction of sp³-hybridized carbons (Fsp3) is 0.111. The zero-order valence-electron chi connectivity index (χ0n) is 19.5. The highest BCUT2D eigenvalue weighted by atomic mass is 35.5. The lowest BCUT2D eigenvalue weighted by atomic mass is 10.0. The molecule has 4 rings (SSSR count). The van der Waals surface area contributed by atoms with Gasteiger partial charge in [-0.05, 0) is 47.5 Å². The highest BCUT2D eigenvalue weighted by molar-refractivity contribution is 7.98. The van der Waals surface area contributed by atoms with Gasteiger partial charge in [-0.25, -0.2) is 14.7 Å². The van der Waals surface area contributed by atoms with Crippen molar-refractivity contribution in [2.45, 2.75) is 16.8 Å². The number of ether oxygens (including phenoxy) is 1. The number of aromatic nitrogens is 1. The van der Waals surface area contributed by atoms with Crippen molar-refractivity contribution in [2.24, 2.45) is 5.73 Å². The van der Waals surface area contributed by atoms with Crippen LogP contribution in [0.1, 0.15) is 11.1 Å². The van der Waals surface area contributed by atoms with Crippen molar-refractivity contribution in [1.82, 2.24) is 4.98 Å². The van der Waals surface area contributed by atoms with Crippen molar-refractivity contribution >= 4 is 40.9 Å². The Morgan fingerprint density at radius 1 is 1.05 bits per heavy atom. The number of hydrogen-bond acceptors (Lipinski definition) is 4. The molecule has 2 N–H and O–H groups in total. The first-order valence-electron chi connectivity index (χ1n) is 10.9. The number of rotatable bonds is 7. The van der Waals surface area contributed by atoms with Gasteiger partial charge in [0.25, 0.3) is 0 Å². The number of amides is 2. The zero-order valence-corrected chi connectivity index (χ0v) is 21.1. The molecule has 3 aromatic carbocycles. The van der Waals surface area contributed by atoms with E-state index in [2.05, 4.69) is 4.98 Å². The van der Waals surface area contributed by atoms with Gasteiger partial charge in [0.2, 0.25) is 0 Å². The molecule has 0 radical (unpaired) electrons.